The van der Waals surface area contributed by atoms with Crippen molar-refractivity contribution >= 4 is 27.1 Å². The van der Waals surface area contributed by atoms with Gasteiger partial charge in [0.05, 0.1) is 16.7 Å². The highest BCUT2D eigenvalue weighted by Gasteiger charge is 2.14. The number of aromatic amines is 1. The first-order valence-corrected chi connectivity index (χ1v) is 6.46. The van der Waals surface area contributed by atoms with Crippen LogP contribution in [0.15, 0.2) is 12.7 Å². The summed E-state index contributed by atoms with van der Waals surface area (Å²) in [5, 5.41) is 0. The van der Waals surface area contributed by atoms with E-state index in [2.05, 4.69) is 15.0 Å². The SMILES string of the molecule is Nc1ncnc2[nH]c[n+](CCCS(=O)(=O)[O-])c12. The highest BCUT2D eigenvalue weighted by molar-refractivity contribution is 7.85. The van der Waals surface area contributed by atoms with E-state index in [4.69, 9.17) is 5.73 Å². The van der Waals surface area contributed by atoms with E-state index in [0.717, 1.165) is 0 Å². The standard InChI is InChI=1S/C8H11N5O3S/c9-7-6-8(11-4-10-7)12-5-13(6)2-1-3-17(14,15)16/h4-5H,1-3H2,(H3,9,10,11,14,15,16). The van der Waals surface area contributed by atoms with Crippen LogP contribution in [-0.4, -0.2) is 33.7 Å². The van der Waals surface area contributed by atoms with Crippen molar-refractivity contribution in [1.82, 2.24) is 15.0 Å². The van der Waals surface area contributed by atoms with Gasteiger partial charge in [-0.25, -0.2) is 23.0 Å². The summed E-state index contributed by atoms with van der Waals surface area (Å²) in [4.78, 5) is 10.7. The number of aromatic nitrogens is 4. The topological polar surface area (TPSA) is 129 Å². The van der Waals surface area contributed by atoms with Gasteiger partial charge in [0.15, 0.2) is 5.82 Å². The molecule has 0 radical (unpaired) electrons. The number of H-pyrrole nitrogens is 1. The fraction of sp³-hybridized carbons (Fsp3) is 0.375. The zero-order valence-electron chi connectivity index (χ0n) is 8.83. The molecule has 2 aromatic rings. The van der Waals surface area contributed by atoms with Crippen LogP contribution in [0, 0.1) is 0 Å². The molecule has 17 heavy (non-hydrogen) atoms. The quantitative estimate of drug-likeness (QED) is 0.521. The molecule has 0 unspecified atom stereocenters. The van der Waals surface area contributed by atoms with Crippen LogP contribution in [0.2, 0.25) is 0 Å². The number of hydrogen-bond donors (Lipinski definition) is 2. The summed E-state index contributed by atoms with van der Waals surface area (Å²) in [5.74, 6) is -0.0958. The molecule has 0 aliphatic carbocycles. The van der Waals surface area contributed by atoms with E-state index in [1.165, 1.54) is 6.33 Å². The maximum Gasteiger partial charge on any atom is 0.271 e. The Morgan fingerprint density at radius 2 is 2.24 bits per heavy atom. The molecule has 0 aromatic carbocycles. The Balaban J connectivity index is 2.20. The van der Waals surface area contributed by atoms with Crippen molar-refractivity contribution in [2.24, 2.45) is 0 Å². The van der Waals surface area contributed by atoms with Gasteiger partial charge in [-0.15, -0.1) is 0 Å². The van der Waals surface area contributed by atoms with Gasteiger partial charge in [0.1, 0.15) is 6.33 Å². The Morgan fingerprint density at radius 3 is 2.94 bits per heavy atom. The molecular weight excluding hydrogens is 246 g/mol. The van der Waals surface area contributed by atoms with Gasteiger partial charge in [0.25, 0.3) is 5.65 Å². The van der Waals surface area contributed by atoms with E-state index in [0.29, 0.717) is 23.5 Å². The lowest BCUT2D eigenvalue weighted by Gasteiger charge is -2.04. The first-order chi connectivity index (χ1) is 7.97. The molecule has 92 valence electrons. The molecule has 0 spiro atoms. The second-order valence-corrected chi connectivity index (χ2v) is 5.06. The van der Waals surface area contributed by atoms with Crippen LogP contribution < -0.4 is 10.3 Å². The van der Waals surface area contributed by atoms with E-state index in [1.54, 1.807) is 10.9 Å². The van der Waals surface area contributed by atoms with E-state index in [-0.39, 0.29) is 6.42 Å². The minimum atomic E-state index is -4.18. The second-order valence-electron chi connectivity index (χ2n) is 3.54. The second kappa shape index (κ2) is 4.26. The molecule has 0 aliphatic heterocycles. The van der Waals surface area contributed by atoms with Crippen LogP contribution in [0.25, 0.3) is 11.2 Å². The Kier molecular flexibility index (Phi) is 2.94. The summed E-state index contributed by atoms with van der Waals surface area (Å²) in [6, 6.07) is 0. The van der Waals surface area contributed by atoms with Gasteiger partial charge < -0.3 is 10.3 Å². The Hall–Kier alpha value is -1.74. The molecule has 0 saturated heterocycles. The molecule has 2 aromatic heterocycles. The lowest BCUT2D eigenvalue weighted by Crippen LogP contribution is -2.33. The zero-order chi connectivity index (χ0) is 12.5. The molecule has 0 atom stereocenters. The first kappa shape index (κ1) is 11.7. The van der Waals surface area contributed by atoms with Gasteiger partial charge in [0, 0.05) is 5.75 Å². The molecule has 3 N–H and O–H groups in total. The number of nitrogens with one attached hydrogen (secondary N) is 1. The summed E-state index contributed by atoms with van der Waals surface area (Å²) in [6.45, 7) is 0.360. The van der Waals surface area contributed by atoms with E-state index in [9.17, 15) is 13.0 Å². The smallest absolute Gasteiger partial charge is 0.271 e. The van der Waals surface area contributed by atoms with Crippen LogP contribution >= 0.6 is 0 Å². The number of aryl methyl sites for hydroxylation is 1. The molecule has 8 nitrogen and oxygen atoms in total. The Labute approximate surface area is 97.3 Å². The van der Waals surface area contributed by atoms with Crippen molar-refractivity contribution in [2.75, 3.05) is 11.5 Å². The van der Waals surface area contributed by atoms with Gasteiger partial charge in [-0.1, -0.05) is 0 Å². The van der Waals surface area contributed by atoms with E-state index >= 15 is 0 Å². The third kappa shape index (κ3) is 2.68. The lowest BCUT2D eigenvalue weighted by atomic mass is 10.4. The fourth-order valence-electron chi connectivity index (χ4n) is 1.57. The van der Waals surface area contributed by atoms with Crippen molar-refractivity contribution in [3.05, 3.63) is 12.7 Å². The van der Waals surface area contributed by atoms with Gasteiger partial charge in [-0.05, 0) is 6.42 Å². The molecule has 0 amide bonds. The maximum absolute atomic E-state index is 10.5. The Morgan fingerprint density at radius 1 is 1.47 bits per heavy atom. The molecule has 0 aliphatic rings. The molecule has 9 heteroatoms. The monoisotopic (exact) mass is 257 g/mol. The fourth-order valence-corrected chi connectivity index (χ4v) is 2.06. The van der Waals surface area contributed by atoms with E-state index < -0.39 is 15.9 Å². The first-order valence-electron chi connectivity index (χ1n) is 4.88. The van der Waals surface area contributed by atoms with Crippen LogP contribution in [0.5, 0.6) is 0 Å². The maximum atomic E-state index is 10.5. The number of hydrogen-bond acceptors (Lipinski definition) is 6. The zero-order valence-corrected chi connectivity index (χ0v) is 9.64. The Bertz CT molecular complexity index is 636. The highest BCUT2D eigenvalue weighted by Crippen LogP contribution is 2.09. The van der Waals surface area contributed by atoms with Gasteiger partial charge in [-0.3, -0.25) is 0 Å². The average molecular weight is 257 g/mol. The predicted octanol–water partition coefficient (Wildman–Crippen LogP) is -1.24. The largest absolute Gasteiger partial charge is 0.748 e. The van der Waals surface area contributed by atoms with E-state index in [1.807, 2.05) is 0 Å². The highest BCUT2D eigenvalue weighted by atomic mass is 32.2. The number of anilines is 1. The molecule has 2 heterocycles. The average Bonchev–Trinajstić information content (AvgIpc) is 2.61. The summed E-state index contributed by atoms with van der Waals surface area (Å²) in [7, 11) is -4.18. The number of rotatable bonds is 4. The summed E-state index contributed by atoms with van der Waals surface area (Å²) < 4.78 is 33.1. The number of fused-ring (bicyclic) bond motifs is 1. The minimum Gasteiger partial charge on any atom is -0.748 e. The molecule has 0 fully saturated rings. The number of nitrogens with two attached hydrogens (primary N) is 1. The van der Waals surface area contributed by atoms with Crippen molar-refractivity contribution in [1.29, 1.82) is 0 Å². The van der Waals surface area contributed by atoms with Crippen molar-refractivity contribution < 1.29 is 17.5 Å². The third-order valence-electron chi connectivity index (χ3n) is 2.29. The minimum absolute atomic E-state index is 0.220. The van der Waals surface area contributed by atoms with Crippen LogP contribution in [0.3, 0.4) is 0 Å². The lowest BCUT2D eigenvalue weighted by molar-refractivity contribution is -0.670. The van der Waals surface area contributed by atoms with Crippen molar-refractivity contribution in [3.8, 4) is 0 Å². The molecule has 2 rings (SSSR count). The number of imidazole rings is 1. The van der Waals surface area contributed by atoms with Crippen LogP contribution in [0.1, 0.15) is 6.42 Å². The molecule has 0 bridgehead atoms. The van der Waals surface area contributed by atoms with Crippen molar-refractivity contribution in [3.63, 3.8) is 0 Å². The molecular formula is C8H11N5O3S. The summed E-state index contributed by atoms with van der Waals surface area (Å²) >= 11 is 0. The number of nitrogens with zero attached hydrogens (tertiary/aromatic N) is 3. The van der Waals surface area contributed by atoms with Gasteiger partial charge in [0.2, 0.25) is 11.8 Å². The van der Waals surface area contributed by atoms with Gasteiger partial charge in [-0.2, -0.15) is 4.98 Å². The summed E-state index contributed by atoms with van der Waals surface area (Å²) in [6.07, 6.45) is 3.17. The van der Waals surface area contributed by atoms with Gasteiger partial charge >= 0.3 is 0 Å². The summed E-state index contributed by atoms with van der Waals surface area (Å²) in [5.41, 5.74) is 6.87. The third-order valence-corrected chi connectivity index (χ3v) is 3.08. The van der Waals surface area contributed by atoms with Crippen LogP contribution in [-0.2, 0) is 16.7 Å². The van der Waals surface area contributed by atoms with Crippen LogP contribution in [0.4, 0.5) is 5.82 Å². The normalized spacial score (nSPS) is 12.1. The predicted molar refractivity (Wildman–Crippen MR) is 57.7 cm³/mol. The number of nitrogen functional groups attached to an aromatic ring is 1. The van der Waals surface area contributed by atoms with Crippen molar-refractivity contribution in [2.45, 2.75) is 13.0 Å². The molecule has 0 saturated carbocycles.